The summed E-state index contributed by atoms with van der Waals surface area (Å²) in [6.07, 6.45) is 2.62. The molecule has 1 atom stereocenters. The van der Waals surface area contributed by atoms with Crippen molar-refractivity contribution in [2.24, 2.45) is 4.99 Å². The van der Waals surface area contributed by atoms with Crippen LogP contribution in [0.15, 0.2) is 27.7 Å². The van der Waals surface area contributed by atoms with Gasteiger partial charge in [-0.1, -0.05) is 22.0 Å². The summed E-state index contributed by atoms with van der Waals surface area (Å²) in [7, 11) is 1.79. The first kappa shape index (κ1) is 18.7. The number of aliphatic imine (C=N–C) groups is 1. The Hall–Kier alpha value is -0.340. The number of ether oxygens (including phenoxy) is 1. The van der Waals surface area contributed by atoms with Crippen molar-refractivity contribution in [3.8, 4) is 0 Å². The Bertz CT molecular complexity index is 476. The van der Waals surface area contributed by atoms with Gasteiger partial charge >= 0.3 is 0 Å². The number of aryl methyl sites for hydroxylation is 1. The summed E-state index contributed by atoms with van der Waals surface area (Å²) in [5, 5.41) is 6.66. The molecule has 118 valence electrons. The van der Waals surface area contributed by atoms with Gasteiger partial charge in [0.15, 0.2) is 5.96 Å². The molecule has 1 aliphatic heterocycles. The number of hydrogen-bond donors (Lipinski definition) is 2. The number of nitrogens with zero attached hydrogens (tertiary/aromatic N) is 1. The molecule has 1 heterocycles. The van der Waals surface area contributed by atoms with Gasteiger partial charge in [0.25, 0.3) is 0 Å². The number of nitrogens with one attached hydrogen (secondary N) is 2. The monoisotopic (exact) mass is 467 g/mol. The van der Waals surface area contributed by atoms with E-state index in [0.717, 1.165) is 43.0 Å². The zero-order valence-electron chi connectivity index (χ0n) is 12.5. The topological polar surface area (TPSA) is 45.7 Å². The summed E-state index contributed by atoms with van der Waals surface area (Å²) < 4.78 is 6.70. The highest BCUT2D eigenvalue weighted by molar-refractivity contribution is 14.0. The van der Waals surface area contributed by atoms with Crippen LogP contribution >= 0.6 is 39.9 Å². The molecule has 0 amide bonds. The fourth-order valence-corrected chi connectivity index (χ4v) is 2.75. The van der Waals surface area contributed by atoms with Crippen molar-refractivity contribution in [3.63, 3.8) is 0 Å². The largest absolute Gasteiger partial charge is 0.376 e. The average molecular weight is 468 g/mol. The van der Waals surface area contributed by atoms with Gasteiger partial charge in [-0.15, -0.1) is 24.0 Å². The second-order valence-electron chi connectivity index (χ2n) is 5.01. The van der Waals surface area contributed by atoms with E-state index >= 15 is 0 Å². The Balaban J connectivity index is 0.00000220. The van der Waals surface area contributed by atoms with Crippen molar-refractivity contribution in [3.05, 3.63) is 33.8 Å². The lowest BCUT2D eigenvalue weighted by molar-refractivity contribution is 0.114. The highest BCUT2D eigenvalue weighted by Crippen LogP contribution is 2.15. The van der Waals surface area contributed by atoms with Crippen LogP contribution in [0.3, 0.4) is 0 Å². The van der Waals surface area contributed by atoms with E-state index in [4.69, 9.17) is 4.74 Å². The molecule has 1 unspecified atom stereocenters. The maximum atomic E-state index is 5.59. The van der Waals surface area contributed by atoms with E-state index in [1.54, 1.807) is 7.05 Å². The maximum absolute atomic E-state index is 5.59. The van der Waals surface area contributed by atoms with Crippen molar-refractivity contribution in [2.45, 2.75) is 32.4 Å². The predicted molar refractivity (Wildman–Crippen MR) is 101 cm³/mol. The number of halogens is 2. The van der Waals surface area contributed by atoms with Gasteiger partial charge < -0.3 is 15.4 Å². The molecular formula is C15H23BrIN3O. The molecule has 1 aliphatic rings. The molecule has 4 nitrogen and oxygen atoms in total. The predicted octanol–water partition coefficient (Wildman–Crippen LogP) is 3.22. The zero-order chi connectivity index (χ0) is 14.4. The molecule has 0 aromatic heterocycles. The summed E-state index contributed by atoms with van der Waals surface area (Å²) in [6.45, 7) is 4.59. The van der Waals surface area contributed by atoms with Crippen LogP contribution in [0.2, 0.25) is 0 Å². The van der Waals surface area contributed by atoms with Crippen LogP contribution < -0.4 is 10.6 Å². The van der Waals surface area contributed by atoms with Crippen LogP contribution in [0.5, 0.6) is 0 Å². The highest BCUT2D eigenvalue weighted by Gasteiger charge is 2.15. The molecule has 0 aliphatic carbocycles. The van der Waals surface area contributed by atoms with E-state index in [-0.39, 0.29) is 24.0 Å². The highest BCUT2D eigenvalue weighted by atomic mass is 127. The lowest BCUT2D eigenvalue weighted by atomic mass is 10.1. The molecule has 0 saturated carbocycles. The van der Waals surface area contributed by atoms with Gasteiger partial charge in [0.1, 0.15) is 0 Å². The minimum atomic E-state index is 0. The van der Waals surface area contributed by atoms with Crippen LogP contribution in [-0.2, 0) is 11.3 Å². The first-order valence-electron chi connectivity index (χ1n) is 7.00. The second kappa shape index (κ2) is 9.63. The van der Waals surface area contributed by atoms with E-state index in [2.05, 4.69) is 56.7 Å². The third-order valence-corrected chi connectivity index (χ3v) is 3.99. The Labute approximate surface area is 152 Å². The molecule has 2 N–H and O–H groups in total. The van der Waals surface area contributed by atoms with Crippen molar-refractivity contribution >= 4 is 45.9 Å². The summed E-state index contributed by atoms with van der Waals surface area (Å²) in [5.74, 6) is 0.822. The molecule has 1 fully saturated rings. The van der Waals surface area contributed by atoms with Gasteiger partial charge in [-0.25, -0.2) is 0 Å². The van der Waals surface area contributed by atoms with E-state index in [1.165, 1.54) is 11.1 Å². The minimum Gasteiger partial charge on any atom is -0.376 e. The van der Waals surface area contributed by atoms with Crippen LogP contribution in [0.4, 0.5) is 0 Å². The SMILES string of the molecule is CN=C(NCc1ccc(Br)cc1C)NCC1CCCO1.I. The molecule has 6 heteroatoms. The standard InChI is InChI=1S/C15H22BrN3O.HI/c1-11-8-13(16)6-5-12(11)9-18-15(17-2)19-10-14-4-3-7-20-14;/h5-6,8,14H,3-4,7,9-10H2,1-2H3,(H2,17,18,19);1H. The van der Waals surface area contributed by atoms with Gasteiger partial charge in [0, 0.05) is 31.2 Å². The Morgan fingerprint density at radius 1 is 1.43 bits per heavy atom. The summed E-state index contributed by atoms with van der Waals surface area (Å²) in [5.41, 5.74) is 2.54. The molecule has 1 saturated heterocycles. The summed E-state index contributed by atoms with van der Waals surface area (Å²) >= 11 is 3.48. The molecule has 21 heavy (non-hydrogen) atoms. The second-order valence-corrected chi connectivity index (χ2v) is 5.93. The van der Waals surface area contributed by atoms with E-state index < -0.39 is 0 Å². The van der Waals surface area contributed by atoms with Crippen LogP contribution in [0, 0.1) is 6.92 Å². The molecule has 0 radical (unpaired) electrons. The van der Waals surface area contributed by atoms with Crippen LogP contribution in [-0.4, -0.2) is 32.3 Å². The van der Waals surface area contributed by atoms with Crippen molar-refractivity contribution < 1.29 is 4.74 Å². The number of hydrogen-bond acceptors (Lipinski definition) is 2. The number of rotatable bonds is 4. The van der Waals surface area contributed by atoms with Crippen molar-refractivity contribution in [2.75, 3.05) is 20.2 Å². The first-order valence-corrected chi connectivity index (χ1v) is 7.79. The maximum Gasteiger partial charge on any atom is 0.191 e. The first-order chi connectivity index (χ1) is 9.69. The number of guanidine groups is 1. The molecule has 0 bridgehead atoms. The van der Waals surface area contributed by atoms with Gasteiger partial charge in [0.2, 0.25) is 0 Å². The van der Waals surface area contributed by atoms with Gasteiger partial charge in [-0.05, 0) is 43.0 Å². The fraction of sp³-hybridized carbons (Fsp3) is 0.533. The molecule has 2 rings (SSSR count). The van der Waals surface area contributed by atoms with Crippen molar-refractivity contribution in [1.29, 1.82) is 0 Å². The fourth-order valence-electron chi connectivity index (χ4n) is 2.27. The van der Waals surface area contributed by atoms with Gasteiger partial charge in [-0.3, -0.25) is 4.99 Å². The van der Waals surface area contributed by atoms with Crippen LogP contribution in [0.25, 0.3) is 0 Å². The molecule has 1 aromatic rings. The van der Waals surface area contributed by atoms with E-state index in [1.807, 2.05) is 0 Å². The molecular weight excluding hydrogens is 445 g/mol. The van der Waals surface area contributed by atoms with Gasteiger partial charge in [-0.2, -0.15) is 0 Å². The minimum absolute atomic E-state index is 0. The summed E-state index contributed by atoms with van der Waals surface area (Å²) in [6, 6.07) is 6.31. The normalized spacial score (nSPS) is 18.2. The third kappa shape index (κ3) is 6.12. The lowest BCUT2D eigenvalue weighted by Gasteiger charge is -2.15. The van der Waals surface area contributed by atoms with Crippen LogP contribution in [0.1, 0.15) is 24.0 Å². The quantitative estimate of drug-likeness (QED) is 0.406. The molecule has 1 aromatic carbocycles. The number of benzene rings is 1. The third-order valence-electron chi connectivity index (χ3n) is 3.50. The Morgan fingerprint density at radius 2 is 2.24 bits per heavy atom. The van der Waals surface area contributed by atoms with Crippen molar-refractivity contribution in [1.82, 2.24) is 10.6 Å². The van der Waals surface area contributed by atoms with E-state index in [0.29, 0.717) is 6.10 Å². The Morgan fingerprint density at radius 3 is 2.86 bits per heavy atom. The lowest BCUT2D eigenvalue weighted by Crippen LogP contribution is -2.40. The Kier molecular flexibility index (Phi) is 8.58. The summed E-state index contributed by atoms with van der Waals surface area (Å²) in [4.78, 5) is 4.24. The van der Waals surface area contributed by atoms with Gasteiger partial charge in [0.05, 0.1) is 6.10 Å². The molecule has 0 spiro atoms. The zero-order valence-corrected chi connectivity index (χ0v) is 16.4. The average Bonchev–Trinajstić information content (AvgIpc) is 2.94. The smallest absolute Gasteiger partial charge is 0.191 e. The van der Waals surface area contributed by atoms with E-state index in [9.17, 15) is 0 Å².